The number of aryl methyl sites for hydroxylation is 2. The fraction of sp³-hybridized carbons (Fsp3) is 0.133. The highest BCUT2D eigenvalue weighted by Crippen LogP contribution is 2.34. The van der Waals surface area contributed by atoms with Crippen LogP contribution in [0.3, 0.4) is 0 Å². The molecule has 2 aromatic carbocycles. The van der Waals surface area contributed by atoms with E-state index in [0.717, 1.165) is 0 Å². The van der Waals surface area contributed by atoms with Crippen molar-refractivity contribution in [3.05, 3.63) is 63.2 Å². The number of para-hydroxylation sites is 1. The summed E-state index contributed by atoms with van der Waals surface area (Å²) in [5, 5.41) is 20.0. The molecule has 0 atom stereocenters. The highest BCUT2D eigenvalue weighted by atomic mass is 16.6. The number of hydrogen-bond acceptors (Lipinski definition) is 4. The van der Waals surface area contributed by atoms with Gasteiger partial charge >= 0.3 is 11.7 Å². The maximum atomic E-state index is 11.0. The fourth-order valence-corrected chi connectivity index (χ4v) is 1.97. The average molecular weight is 287 g/mol. The summed E-state index contributed by atoms with van der Waals surface area (Å²) < 4.78 is 5.58. The number of carboxylic acid groups (broad SMARTS) is 1. The first-order chi connectivity index (χ1) is 9.90. The molecular formula is C15H13NO5. The number of nitro benzene ring substituents is 1. The van der Waals surface area contributed by atoms with Crippen LogP contribution in [0.1, 0.15) is 21.5 Å². The number of rotatable bonds is 4. The van der Waals surface area contributed by atoms with Gasteiger partial charge in [0.2, 0.25) is 5.75 Å². The molecule has 0 fully saturated rings. The molecule has 0 spiro atoms. The summed E-state index contributed by atoms with van der Waals surface area (Å²) in [5.74, 6) is -0.513. The maximum Gasteiger partial charge on any atom is 0.335 e. The Balaban J connectivity index is 2.41. The second-order valence-electron chi connectivity index (χ2n) is 4.56. The molecular weight excluding hydrogens is 274 g/mol. The van der Waals surface area contributed by atoms with Gasteiger partial charge in [0.15, 0.2) is 0 Å². The van der Waals surface area contributed by atoms with Crippen molar-refractivity contribution in [1.82, 2.24) is 0 Å². The molecule has 0 saturated carbocycles. The van der Waals surface area contributed by atoms with Crippen LogP contribution in [-0.2, 0) is 0 Å². The average Bonchev–Trinajstić information content (AvgIpc) is 2.40. The topological polar surface area (TPSA) is 89.7 Å². The lowest BCUT2D eigenvalue weighted by molar-refractivity contribution is -0.385. The van der Waals surface area contributed by atoms with Crippen LogP contribution in [0.4, 0.5) is 5.69 Å². The number of carboxylic acids is 1. The van der Waals surface area contributed by atoms with Gasteiger partial charge in [-0.2, -0.15) is 0 Å². The summed E-state index contributed by atoms with van der Waals surface area (Å²) in [6.07, 6.45) is 0. The van der Waals surface area contributed by atoms with E-state index < -0.39 is 10.9 Å². The van der Waals surface area contributed by atoms with Gasteiger partial charge in [-0.05, 0) is 43.2 Å². The van der Waals surface area contributed by atoms with Gasteiger partial charge in [-0.25, -0.2) is 4.79 Å². The molecule has 2 rings (SSSR count). The highest BCUT2D eigenvalue weighted by molar-refractivity contribution is 5.89. The van der Waals surface area contributed by atoms with Crippen LogP contribution in [-0.4, -0.2) is 16.0 Å². The molecule has 0 amide bonds. The Kier molecular flexibility index (Phi) is 3.89. The van der Waals surface area contributed by atoms with E-state index in [4.69, 9.17) is 9.84 Å². The lowest BCUT2D eigenvalue weighted by Crippen LogP contribution is -2.00. The maximum absolute atomic E-state index is 11.0. The van der Waals surface area contributed by atoms with Gasteiger partial charge in [0.05, 0.1) is 10.5 Å². The summed E-state index contributed by atoms with van der Waals surface area (Å²) in [6, 6.07) is 9.09. The van der Waals surface area contributed by atoms with E-state index in [2.05, 4.69) is 0 Å². The first-order valence-corrected chi connectivity index (χ1v) is 6.16. The summed E-state index contributed by atoms with van der Waals surface area (Å²) in [5.41, 5.74) is 1.19. The van der Waals surface area contributed by atoms with E-state index in [0.29, 0.717) is 16.9 Å². The van der Waals surface area contributed by atoms with Crippen LogP contribution < -0.4 is 4.74 Å². The minimum Gasteiger partial charge on any atom is -0.478 e. The zero-order valence-electron chi connectivity index (χ0n) is 11.5. The fourth-order valence-electron chi connectivity index (χ4n) is 1.97. The zero-order chi connectivity index (χ0) is 15.6. The predicted octanol–water partition coefficient (Wildman–Crippen LogP) is 3.70. The number of nitro groups is 1. The molecule has 2 aromatic rings. The van der Waals surface area contributed by atoms with E-state index in [1.54, 1.807) is 32.0 Å². The van der Waals surface area contributed by atoms with Crippen LogP contribution in [0.5, 0.6) is 11.5 Å². The Morgan fingerprint density at radius 3 is 2.48 bits per heavy atom. The molecule has 0 aromatic heterocycles. The standard InChI is InChI=1S/C15H13NO5/c1-9-4-3-5-13(16(19)20)14(9)21-11-6-7-12(15(17)18)10(2)8-11/h3-8H,1-2H3,(H,17,18). The molecule has 6 heteroatoms. The predicted molar refractivity (Wildman–Crippen MR) is 76.0 cm³/mol. The van der Waals surface area contributed by atoms with Crippen molar-refractivity contribution in [2.75, 3.05) is 0 Å². The van der Waals surface area contributed by atoms with Crippen molar-refractivity contribution in [3.63, 3.8) is 0 Å². The molecule has 0 saturated heterocycles. The van der Waals surface area contributed by atoms with Gasteiger partial charge in [-0.15, -0.1) is 0 Å². The number of nitrogens with zero attached hydrogens (tertiary/aromatic N) is 1. The summed E-state index contributed by atoms with van der Waals surface area (Å²) in [4.78, 5) is 21.5. The van der Waals surface area contributed by atoms with E-state index in [1.807, 2.05) is 0 Å². The minimum atomic E-state index is -1.03. The van der Waals surface area contributed by atoms with Crippen LogP contribution in [0.15, 0.2) is 36.4 Å². The molecule has 108 valence electrons. The van der Waals surface area contributed by atoms with Crippen molar-refractivity contribution >= 4 is 11.7 Å². The number of ether oxygens (including phenoxy) is 1. The molecule has 6 nitrogen and oxygen atoms in total. The third-order valence-corrected chi connectivity index (χ3v) is 3.04. The van der Waals surface area contributed by atoms with Crippen LogP contribution in [0, 0.1) is 24.0 Å². The third kappa shape index (κ3) is 3.00. The molecule has 0 bridgehead atoms. The van der Waals surface area contributed by atoms with Gasteiger partial charge < -0.3 is 9.84 Å². The first-order valence-electron chi connectivity index (χ1n) is 6.16. The van der Waals surface area contributed by atoms with Gasteiger partial charge in [0.1, 0.15) is 5.75 Å². The zero-order valence-corrected chi connectivity index (χ0v) is 11.5. The molecule has 0 aliphatic rings. The summed E-state index contributed by atoms with van der Waals surface area (Å²) >= 11 is 0. The minimum absolute atomic E-state index is 0.130. The Morgan fingerprint density at radius 2 is 1.90 bits per heavy atom. The highest BCUT2D eigenvalue weighted by Gasteiger charge is 2.18. The van der Waals surface area contributed by atoms with Gasteiger partial charge in [0, 0.05) is 6.07 Å². The SMILES string of the molecule is Cc1cc(Oc2c(C)cccc2[N+](=O)[O-])ccc1C(=O)O. The third-order valence-electron chi connectivity index (χ3n) is 3.04. The van der Waals surface area contributed by atoms with E-state index >= 15 is 0 Å². The molecule has 0 radical (unpaired) electrons. The monoisotopic (exact) mass is 287 g/mol. The number of aromatic carboxylic acids is 1. The largest absolute Gasteiger partial charge is 0.478 e. The van der Waals surface area contributed by atoms with Gasteiger partial charge in [-0.1, -0.05) is 12.1 Å². The molecule has 21 heavy (non-hydrogen) atoms. The van der Waals surface area contributed by atoms with E-state index in [1.165, 1.54) is 18.2 Å². The first kappa shape index (κ1) is 14.5. The smallest absolute Gasteiger partial charge is 0.335 e. The number of carbonyl (C=O) groups is 1. The van der Waals surface area contributed by atoms with Crippen molar-refractivity contribution in [2.24, 2.45) is 0 Å². The number of benzene rings is 2. The molecule has 0 aliphatic carbocycles. The van der Waals surface area contributed by atoms with E-state index in [-0.39, 0.29) is 17.0 Å². The van der Waals surface area contributed by atoms with Gasteiger partial charge in [0.25, 0.3) is 0 Å². The molecule has 0 aliphatic heterocycles. The van der Waals surface area contributed by atoms with Crippen LogP contribution >= 0.6 is 0 Å². The lowest BCUT2D eigenvalue weighted by Gasteiger charge is -2.10. The van der Waals surface area contributed by atoms with Crippen LogP contribution in [0.2, 0.25) is 0 Å². The van der Waals surface area contributed by atoms with Gasteiger partial charge in [-0.3, -0.25) is 10.1 Å². The summed E-state index contributed by atoms with van der Waals surface area (Å²) in [7, 11) is 0. The second kappa shape index (κ2) is 5.62. The second-order valence-corrected chi connectivity index (χ2v) is 4.56. The lowest BCUT2D eigenvalue weighted by atomic mass is 10.1. The van der Waals surface area contributed by atoms with Crippen molar-refractivity contribution in [2.45, 2.75) is 13.8 Å². The number of hydrogen-bond donors (Lipinski definition) is 1. The molecule has 0 unspecified atom stereocenters. The summed E-state index contributed by atoms with van der Waals surface area (Å²) in [6.45, 7) is 3.35. The Labute approximate surface area is 120 Å². The van der Waals surface area contributed by atoms with Crippen molar-refractivity contribution in [3.8, 4) is 11.5 Å². The Bertz CT molecular complexity index is 724. The van der Waals surface area contributed by atoms with Crippen LogP contribution in [0.25, 0.3) is 0 Å². The quantitative estimate of drug-likeness (QED) is 0.684. The van der Waals surface area contributed by atoms with Crippen molar-refractivity contribution in [1.29, 1.82) is 0 Å². The molecule has 1 N–H and O–H groups in total. The molecule has 0 heterocycles. The normalized spacial score (nSPS) is 10.2. The Morgan fingerprint density at radius 1 is 1.19 bits per heavy atom. The van der Waals surface area contributed by atoms with E-state index in [9.17, 15) is 14.9 Å². The Hall–Kier alpha value is -2.89. The van der Waals surface area contributed by atoms with Crippen molar-refractivity contribution < 1.29 is 19.6 Å².